The molecule has 2 aromatic rings. The van der Waals surface area contributed by atoms with Crippen LogP contribution >= 0.6 is 24.0 Å². The van der Waals surface area contributed by atoms with Crippen molar-refractivity contribution in [2.24, 2.45) is 0 Å². The first kappa shape index (κ1) is 22.1. The van der Waals surface area contributed by atoms with E-state index in [1.54, 1.807) is 4.90 Å². The van der Waals surface area contributed by atoms with Gasteiger partial charge in [0, 0.05) is 13.0 Å². The van der Waals surface area contributed by atoms with Crippen molar-refractivity contribution in [2.75, 3.05) is 12.0 Å². The van der Waals surface area contributed by atoms with Gasteiger partial charge in [-0.15, -0.1) is 0 Å². The number of rotatable bonds is 9. The molecule has 0 bridgehead atoms. The van der Waals surface area contributed by atoms with E-state index < -0.39 is 0 Å². The SMILES string of the molecule is Cc1ccc(C=C2SC(=S)N(CCCCCC(=O)NNc3ccccc3)C2=O)cc1. The molecule has 0 unspecified atom stereocenters. The molecule has 2 amide bonds. The molecule has 0 spiro atoms. The Morgan fingerprint density at radius 1 is 1.07 bits per heavy atom. The Bertz CT molecular complexity index is 927. The van der Waals surface area contributed by atoms with Gasteiger partial charge < -0.3 is 0 Å². The van der Waals surface area contributed by atoms with Crippen molar-refractivity contribution >= 4 is 51.9 Å². The van der Waals surface area contributed by atoms with Gasteiger partial charge in [0.25, 0.3) is 5.91 Å². The summed E-state index contributed by atoms with van der Waals surface area (Å²) >= 11 is 6.74. The topological polar surface area (TPSA) is 61.4 Å². The molecule has 5 nitrogen and oxygen atoms in total. The maximum atomic E-state index is 12.7. The maximum absolute atomic E-state index is 12.7. The van der Waals surface area contributed by atoms with E-state index in [0.29, 0.717) is 22.2 Å². The van der Waals surface area contributed by atoms with Crippen LogP contribution in [-0.4, -0.2) is 27.6 Å². The van der Waals surface area contributed by atoms with Gasteiger partial charge in [0.1, 0.15) is 4.32 Å². The summed E-state index contributed by atoms with van der Waals surface area (Å²) in [5, 5.41) is 0. The van der Waals surface area contributed by atoms with E-state index in [0.717, 1.165) is 30.5 Å². The lowest BCUT2D eigenvalue weighted by Gasteiger charge is -2.14. The largest absolute Gasteiger partial charge is 0.299 e. The lowest BCUT2D eigenvalue weighted by molar-refractivity contribution is -0.122. The second kappa shape index (κ2) is 10.9. The van der Waals surface area contributed by atoms with E-state index >= 15 is 0 Å². The van der Waals surface area contributed by atoms with Crippen molar-refractivity contribution in [2.45, 2.75) is 32.6 Å². The number of carbonyl (C=O) groups excluding carboxylic acids is 2. The summed E-state index contributed by atoms with van der Waals surface area (Å²) in [5.74, 6) is -0.0825. The standard InChI is InChI=1S/C23H25N3O2S2/c1-17-11-13-18(14-12-17)16-20-22(28)26(23(29)30-20)15-7-3-6-10-21(27)25-24-19-8-4-2-5-9-19/h2,4-5,8-9,11-14,16,24H,3,6-7,10,15H2,1H3,(H,25,27). The summed E-state index contributed by atoms with van der Waals surface area (Å²) < 4.78 is 0.600. The van der Waals surface area contributed by atoms with E-state index in [4.69, 9.17) is 12.2 Å². The van der Waals surface area contributed by atoms with Crippen LogP contribution in [0, 0.1) is 6.92 Å². The summed E-state index contributed by atoms with van der Waals surface area (Å²) in [4.78, 5) is 26.9. The third kappa shape index (κ3) is 6.43. The van der Waals surface area contributed by atoms with E-state index in [2.05, 4.69) is 10.9 Å². The van der Waals surface area contributed by atoms with Crippen molar-refractivity contribution < 1.29 is 9.59 Å². The molecule has 0 aliphatic carbocycles. The number of carbonyl (C=O) groups is 2. The normalized spacial score (nSPS) is 15.0. The van der Waals surface area contributed by atoms with Gasteiger partial charge in [0.05, 0.1) is 10.6 Å². The molecule has 1 saturated heterocycles. The van der Waals surface area contributed by atoms with Crippen LogP contribution in [0.2, 0.25) is 0 Å². The molecule has 2 aromatic carbocycles. The van der Waals surface area contributed by atoms with Gasteiger partial charge >= 0.3 is 0 Å². The predicted octanol–water partition coefficient (Wildman–Crippen LogP) is 4.90. The number of aryl methyl sites for hydroxylation is 1. The number of thioether (sulfide) groups is 1. The van der Waals surface area contributed by atoms with Crippen molar-refractivity contribution in [3.63, 3.8) is 0 Å². The zero-order valence-electron chi connectivity index (χ0n) is 16.9. The lowest BCUT2D eigenvalue weighted by atomic mass is 10.1. The van der Waals surface area contributed by atoms with E-state index in [1.165, 1.54) is 17.3 Å². The minimum absolute atomic E-state index is 0.0321. The van der Waals surface area contributed by atoms with Crippen LogP contribution in [-0.2, 0) is 9.59 Å². The fraction of sp³-hybridized carbons (Fsp3) is 0.261. The average Bonchev–Trinajstić information content (AvgIpc) is 3.01. The number of para-hydroxylation sites is 1. The zero-order chi connectivity index (χ0) is 21.3. The highest BCUT2D eigenvalue weighted by Crippen LogP contribution is 2.32. The third-order valence-electron chi connectivity index (χ3n) is 4.65. The number of anilines is 1. The number of amides is 2. The molecule has 1 aliphatic rings. The van der Waals surface area contributed by atoms with Crippen molar-refractivity contribution in [1.29, 1.82) is 0 Å². The van der Waals surface area contributed by atoms with Gasteiger partial charge in [-0.1, -0.05) is 78.4 Å². The summed E-state index contributed by atoms with van der Waals surface area (Å²) in [6.07, 6.45) is 4.75. The molecular weight excluding hydrogens is 414 g/mol. The van der Waals surface area contributed by atoms with Gasteiger partial charge in [-0.05, 0) is 43.5 Å². The van der Waals surface area contributed by atoms with Crippen LogP contribution in [0.25, 0.3) is 6.08 Å². The van der Waals surface area contributed by atoms with Crippen molar-refractivity contribution in [3.05, 3.63) is 70.6 Å². The smallest absolute Gasteiger partial charge is 0.266 e. The molecule has 1 aliphatic heterocycles. The average molecular weight is 440 g/mol. The van der Waals surface area contributed by atoms with E-state index in [1.807, 2.05) is 67.6 Å². The molecule has 0 radical (unpaired) electrons. The fourth-order valence-corrected chi connectivity index (χ4v) is 4.27. The molecule has 1 heterocycles. The van der Waals surface area contributed by atoms with E-state index in [-0.39, 0.29) is 11.8 Å². The summed E-state index contributed by atoms with van der Waals surface area (Å²) in [5.41, 5.74) is 8.61. The number of benzene rings is 2. The second-order valence-corrected chi connectivity index (χ2v) is 8.77. The lowest BCUT2D eigenvalue weighted by Crippen LogP contribution is -2.29. The predicted molar refractivity (Wildman–Crippen MR) is 128 cm³/mol. The molecule has 0 atom stereocenters. The van der Waals surface area contributed by atoms with Crippen molar-refractivity contribution in [1.82, 2.24) is 10.3 Å². The molecular formula is C23H25N3O2S2. The Labute approximate surface area is 186 Å². The van der Waals surface area contributed by atoms with Gasteiger partial charge in [-0.3, -0.25) is 25.3 Å². The summed E-state index contributed by atoms with van der Waals surface area (Å²) in [6.45, 7) is 2.62. The Hall–Kier alpha value is -2.64. The molecule has 3 rings (SSSR count). The Morgan fingerprint density at radius 2 is 1.80 bits per heavy atom. The molecule has 30 heavy (non-hydrogen) atoms. The highest BCUT2D eigenvalue weighted by molar-refractivity contribution is 8.26. The third-order valence-corrected chi connectivity index (χ3v) is 6.03. The monoisotopic (exact) mass is 439 g/mol. The fourth-order valence-electron chi connectivity index (χ4n) is 2.96. The quantitative estimate of drug-likeness (QED) is 0.252. The minimum atomic E-state index is -0.0505. The van der Waals surface area contributed by atoms with Gasteiger partial charge in [-0.25, -0.2) is 0 Å². The first-order chi connectivity index (χ1) is 14.5. The van der Waals surface area contributed by atoms with Crippen LogP contribution in [0.4, 0.5) is 5.69 Å². The van der Waals surface area contributed by atoms with Gasteiger partial charge in [0.2, 0.25) is 5.91 Å². The molecule has 0 aromatic heterocycles. The first-order valence-corrected chi connectivity index (χ1v) is 11.2. The van der Waals surface area contributed by atoms with Crippen molar-refractivity contribution in [3.8, 4) is 0 Å². The molecule has 1 fully saturated rings. The van der Waals surface area contributed by atoms with Crippen LogP contribution in [0.15, 0.2) is 59.5 Å². The molecule has 156 valence electrons. The number of nitrogens with zero attached hydrogens (tertiary/aromatic N) is 1. The Balaban J connectivity index is 1.37. The Morgan fingerprint density at radius 3 is 2.53 bits per heavy atom. The maximum Gasteiger partial charge on any atom is 0.266 e. The van der Waals surface area contributed by atoms with Gasteiger partial charge in [0.15, 0.2) is 0 Å². The molecule has 0 saturated carbocycles. The van der Waals surface area contributed by atoms with E-state index in [9.17, 15) is 9.59 Å². The molecule has 2 N–H and O–H groups in total. The summed E-state index contributed by atoms with van der Waals surface area (Å²) in [7, 11) is 0. The second-order valence-electron chi connectivity index (χ2n) is 7.09. The van der Waals surface area contributed by atoms with Crippen LogP contribution in [0.3, 0.4) is 0 Å². The number of thiocarbonyl (C=S) groups is 1. The highest BCUT2D eigenvalue weighted by atomic mass is 32.2. The zero-order valence-corrected chi connectivity index (χ0v) is 18.5. The minimum Gasteiger partial charge on any atom is -0.299 e. The number of unbranched alkanes of at least 4 members (excludes halogenated alkanes) is 2. The number of nitrogens with one attached hydrogen (secondary N) is 2. The Kier molecular flexibility index (Phi) is 8.04. The van der Waals surface area contributed by atoms with Gasteiger partial charge in [-0.2, -0.15) is 0 Å². The van der Waals surface area contributed by atoms with Crippen LogP contribution in [0.5, 0.6) is 0 Å². The number of hydrogen-bond acceptors (Lipinski definition) is 5. The van der Waals surface area contributed by atoms with Crippen LogP contribution < -0.4 is 10.9 Å². The molecule has 7 heteroatoms. The number of hydrogen-bond donors (Lipinski definition) is 2. The highest BCUT2D eigenvalue weighted by Gasteiger charge is 2.31. The number of hydrazine groups is 1. The summed E-state index contributed by atoms with van der Waals surface area (Å²) in [6, 6.07) is 17.5. The van der Waals surface area contributed by atoms with Crippen LogP contribution in [0.1, 0.15) is 36.8 Å². The first-order valence-electron chi connectivity index (χ1n) is 9.95.